The number of nitrogens with zero attached hydrogens (tertiary/aromatic N) is 2. The van der Waals surface area contributed by atoms with Gasteiger partial charge in [-0.2, -0.15) is 11.3 Å². The molecule has 2 nitrogen and oxygen atoms in total. The summed E-state index contributed by atoms with van der Waals surface area (Å²) in [4.78, 5) is 9.47. The maximum atomic E-state index is 4.79. The molecule has 0 aliphatic carbocycles. The summed E-state index contributed by atoms with van der Waals surface area (Å²) in [6.07, 6.45) is 5.24. The molecule has 5 heteroatoms. The summed E-state index contributed by atoms with van der Waals surface area (Å²) in [5.41, 5.74) is 10.8. The van der Waals surface area contributed by atoms with E-state index in [0.29, 0.717) is 11.8 Å². The van der Waals surface area contributed by atoms with Gasteiger partial charge in [0.05, 0.1) is 8.07 Å². The standard InChI is InChI=1S/C31H24NS.C18H24NSi.Ir/c1-19(2)28-17-29(32-18-20(28)3)27-13-7-12-26-25-15-14-22(16-30(25)33-31(26)27)24-11-6-9-21-8-4-5-10-23(21)24;1-14(2)11-16-12-17(15-9-7-6-8-10-15)19-13-18(16)20(3,4)5;/h4-12,14-19H,1-3H3;6-9,12-14H,11H2,1-5H3;/q2*-1;. The molecule has 1 radical (unpaired) electrons. The number of pyridine rings is 2. The summed E-state index contributed by atoms with van der Waals surface area (Å²) in [5.74, 6) is 1.14. The van der Waals surface area contributed by atoms with Crippen LogP contribution in [0, 0.1) is 25.0 Å². The van der Waals surface area contributed by atoms with E-state index in [1.807, 2.05) is 41.8 Å². The van der Waals surface area contributed by atoms with Gasteiger partial charge in [0.2, 0.25) is 0 Å². The molecule has 0 aliphatic rings. The minimum absolute atomic E-state index is 0. The molecular formula is C49H48IrN2SSi-2. The van der Waals surface area contributed by atoms with Gasteiger partial charge in [0, 0.05) is 37.2 Å². The fraction of sp³-hybridized carbons (Fsp3) is 0.224. The zero-order valence-electron chi connectivity index (χ0n) is 32.5. The molecule has 0 fully saturated rings. The first-order valence-corrected chi connectivity index (χ1v) is 23.1. The zero-order chi connectivity index (χ0) is 37.3. The predicted molar refractivity (Wildman–Crippen MR) is 233 cm³/mol. The average molecular weight is 917 g/mol. The number of fused-ring (bicyclic) bond motifs is 4. The molecule has 0 spiro atoms. The van der Waals surface area contributed by atoms with Gasteiger partial charge in [-0.25, -0.2) is 0 Å². The van der Waals surface area contributed by atoms with Crippen LogP contribution in [0.2, 0.25) is 19.6 Å². The van der Waals surface area contributed by atoms with Crippen LogP contribution < -0.4 is 5.19 Å². The molecule has 0 bridgehead atoms. The number of aromatic nitrogens is 2. The Balaban J connectivity index is 0.000000205. The Morgan fingerprint density at radius 3 is 2.20 bits per heavy atom. The molecule has 3 heterocycles. The van der Waals surface area contributed by atoms with Crippen LogP contribution in [-0.2, 0) is 26.5 Å². The Labute approximate surface area is 340 Å². The van der Waals surface area contributed by atoms with Crippen molar-refractivity contribution < 1.29 is 20.1 Å². The Kier molecular flexibility index (Phi) is 12.1. The van der Waals surface area contributed by atoms with Gasteiger partial charge in [-0.3, -0.25) is 0 Å². The molecule has 3 aromatic heterocycles. The molecule has 8 aromatic rings. The van der Waals surface area contributed by atoms with Crippen molar-refractivity contribution in [2.24, 2.45) is 5.92 Å². The van der Waals surface area contributed by atoms with E-state index in [1.165, 1.54) is 63.9 Å². The van der Waals surface area contributed by atoms with Crippen LogP contribution in [0.4, 0.5) is 0 Å². The van der Waals surface area contributed by atoms with Gasteiger partial charge in [-0.15, -0.1) is 59.7 Å². The van der Waals surface area contributed by atoms with E-state index >= 15 is 0 Å². The normalized spacial score (nSPS) is 11.6. The van der Waals surface area contributed by atoms with Gasteiger partial charge >= 0.3 is 0 Å². The van der Waals surface area contributed by atoms with Crippen molar-refractivity contribution in [1.29, 1.82) is 0 Å². The number of hydrogen-bond acceptors (Lipinski definition) is 3. The van der Waals surface area contributed by atoms with Crippen molar-refractivity contribution in [2.45, 2.75) is 66.6 Å². The largest absolute Gasteiger partial charge is 0.305 e. The van der Waals surface area contributed by atoms with Crippen LogP contribution >= 0.6 is 11.3 Å². The van der Waals surface area contributed by atoms with Crippen LogP contribution in [0.25, 0.3) is 64.6 Å². The Hall–Kier alpha value is -4.25. The van der Waals surface area contributed by atoms with Crippen molar-refractivity contribution in [3.05, 3.63) is 150 Å². The van der Waals surface area contributed by atoms with Gasteiger partial charge in [-0.1, -0.05) is 125 Å². The molecule has 0 amide bonds. The molecule has 0 saturated carbocycles. The van der Waals surface area contributed by atoms with Crippen LogP contribution in [-0.4, -0.2) is 18.0 Å². The number of rotatable bonds is 7. The third-order valence-electron chi connectivity index (χ3n) is 9.97. The van der Waals surface area contributed by atoms with Crippen molar-refractivity contribution in [2.75, 3.05) is 0 Å². The summed E-state index contributed by atoms with van der Waals surface area (Å²) in [6, 6.07) is 45.6. The Morgan fingerprint density at radius 2 is 1.46 bits per heavy atom. The van der Waals surface area contributed by atoms with Crippen LogP contribution in [0.5, 0.6) is 0 Å². The molecule has 0 atom stereocenters. The zero-order valence-corrected chi connectivity index (χ0v) is 36.8. The monoisotopic (exact) mass is 917 g/mol. The molecule has 0 unspecified atom stereocenters. The van der Waals surface area contributed by atoms with E-state index in [-0.39, 0.29) is 20.1 Å². The van der Waals surface area contributed by atoms with E-state index < -0.39 is 8.07 Å². The number of thiophene rings is 1. The molecular weight excluding hydrogens is 869 g/mol. The summed E-state index contributed by atoms with van der Waals surface area (Å²) < 4.78 is 2.56. The second-order valence-electron chi connectivity index (χ2n) is 15.9. The van der Waals surface area contributed by atoms with Crippen molar-refractivity contribution in [3.63, 3.8) is 0 Å². The topological polar surface area (TPSA) is 25.8 Å². The van der Waals surface area contributed by atoms with Crippen LogP contribution in [0.1, 0.15) is 50.3 Å². The fourth-order valence-electron chi connectivity index (χ4n) is 7.36. The minimum Gasteiger partial charge on any atom is -0.305 e. The second-order valence-corrected chi connectivity index (χ2v) is 22.0. The van der Waals surface area contributed by atoms with E-state index in [9.17, 15) is 0 Å². The van der Waals surface area contributed by atoms with Gasteiger partial charge in [-0.05, 0) is 90.9 Å². The summed E-state index contributed by atoms with van der Waals surface area (Å²) in [7, 11) is -1.34. The average Bonchev–Trinajstić information content (AvgIpc) is 3.53. The summed E-state index contributed by atoms with van der Waals surface area (Å²) in [6.45, 7) is 18.4. The molecule has 275 valence electrons. The number of benzene rings is 5. The fourth-order valence-corrected chi connectivity index (χ4v) is 10.2. The third kappa shape index (κ3) is 8.36. The Bertz CT molecular complexity index is 2540. The maximum Gasteiger partial charge on any atom is 0.0798 e. The summed E-state index contributed by atoms with van der Waals surface area (Å²) >= 11 is 1.84. The van der Waals surface area contributed by atoms with E-state index in [0.717, 1.165) is 28.9 Å². The quantitative estimate of drug-likeness (QED) is 0.118. The number of aryl methyl sites for hydroxylation is 1. The first-order chi connectivity index (χ1) is 25.5. The van der Waals surface area contributed by atoms with Crippen molar-refractivity contribution in [3.8, 4) is 33.6 Å². The Morgan fingerprint density at radius 1 is 0.704 bits per heavy atom. The molecule has 0 N–H and O–H groups in total. The first kappa shape index (κ1) is 39.4. The number of hydrogen-bond donors (Lipinski definition) is 0. The molecule has 0 aliphatic heterocycles. The van der Waals surface area contributed by atoms with Gasteiger partial charge in [0.15, 0.2) is 0 Å². The van der Waals surface area contributed by atoms with Gasteiger partial charge in [0.1, 0.15) is 0 Å². The smallest absolute Gasteiger partial charge is 0.0798 e. The van der Waals surface area contributed by atoms with Crippen LogP contribution in [0.15, 0.2) is 122 Å². The van der Waals surface area contributed by atoms with Gasteiger partial charge < -0.3 is 9.97 Å². The minimum atomic E-state index is -1.34. The predicted octanol–water partition coefficient (Wildman–Crippen LogP) is 13.5. The molecule has 5 aromatic carbocycles. The second kappa shape index (κ2) is 16.6. The third-order valence-corrected chi connectivity index (χ3v) is 13.2. The first-order valence-electron chi connectivity index (χ1n) is 18.8. The van der Waals surface area contributed by atoms with Crippen molar-refractivity contribution in [1.82, 2.24) is 9.97 Å². The van der Waals surface area contributed by atoms with E-state index in [2.05, 4.69) is 163 Å². The summed E-state index contributed by atoms with van der Waals surface area (Å²) in [5, 5.41) is 6.63. The van der Waals surface area contributed by atoms with E-state index in [4.69, 9.17) is 4.98 Å². The molecule has 8 rings (SSSR count). The SMILES string of the molecule is CC(C)Cc1cc(-c2[c-]cccc2)ncc1[Si](C)(C)C.Cc1cnc(-c2[c-]ccc3c2sc2cc(-c4cccc5ccccc45)ccc23)cc1C(C)C.[Ir]. The van der Waals surface area contributed by atoms with Crippen LogP contribution in [0.3, 0.4) is 0 Å². The maximum absolute atomic E-state index is 4.79. The molecule has 0 saturated heterocycles. The van der Waals surface area contributed by atoms with E-state index in [1.54, 1.807) is 0 Å². The van der Waals surface area contributed by atoms with Gasteiger partial charge in [0.25, 0.3) is 0 Å². The molecule has 54 heavy (non-hydrogen) atoms. The van der Waals surface area contributed by atoms with Crippen molar-refractivity contribution >= 4 is 55.5 Å².